The lowest BCUT2D eigenvalue weighted by Crippen LogP contribution is -2.27. The number of para-hydroxylation sites is 2. The zero-order valence-corrected chi connectivity index (χ0v) is 18.2. The first-order chi connectivity index (χ1) is 15.9. The average molecular weight is 444 g/mol. The molecule has 3 aromatic carbocycles. The molecule has 0 fully saturated rings. The molecule has 0 aliphatic carbocycles. The van der Waals surface area contributed by atoms with Gasteiger partial charge in [-0.25, -0.2) is 0 Å². The Hall–Kier alpha value is -4.26. The van der Waals surface area contributed by atoms with Gasteiger partial charge < -0.3 is 10.1 Å². The zero-order valence-electron chi connectivity index (χ0n) is 18.2. The number of esters is 1. The third-order valence-corrected chi connectivity index (χ3v) is 4.74. The van der Waals surface area contributed by atoms with E-state index in [-0.39, 0.29) is 24.5 Å². The average Bonchev–Trinajstić information content (AvgIpc) is 2.83. The first-order valence-corrected chi connectivity index (χ1v) is 10.4. The number of carbonyl (C=O) groups excluding carboxylic acids is 4. The number of ether oxygens (including phenoxy) is 1. The molecule has 0 saturated heterocycles. The lowest BCUT2D eigenvalue weighted by molar-refractivity contribution is -0.148. The number of nitrogens with one attached hydrogen (secondary N) is 1. The molecule has 1 N–H and O–H groups in total. The van der Waals surface area contributed by atoms with Gasteiger partial charge in [-0.1, -0.05) is 48.5 Å². The van der Waals surface area contributed by atoms with Crippen molar-refractivity contribution in [3.8, 4) is 0 Å². The summed E-state index contributed by atoms with van der Waals surface area (Å²) in [5, 5.41) is 2.58. The Labute approximate surface area is 192 Å². The van der Waals surface area contributed by atoms with Gasteiger partial charge in [0, 0.05) is 29.0 Å². The molecule has 0 atom stereocenters. The number of Topliss-reactive ketones (excluding diaryl/α,β-unsaturated/α-hetero) is 1. The number of carbonyl (C=O) groups is 4. The van der Waals surface area contributed by atoms with Crippen molar-refractivity contribution < 1.29 is 23.9 Å². The summed E-state index contributed by atoms with van der Waals surface area (Å²) in [4.78, 5) is 50.1. The van der Waals surface area contributed by atoms with Gasteiger partial charge in [-0.2, -0.15) is 0 Å². The summed E-state index contributed by atoms with van der Waals surface area (Å²) in [5.74, 6) is -1.58. The van der Waals surface area contributed by atoms with Crippen molar-refractivity contribution in [3.63, 3.8) is 0 Å². The Balaban J connectivity index is 1.53. The van der Waals surface area contributed by atoms with E-state index in [0.29, 0.717) is 22.6 Å². The molecule has 0 aromatic heterocycles. The third-order valence-electron chi connectivity index (χ3n) is 4.74. The van der Waals surface area contributed by atoms with Crippen molar-refractivity contribution in [2.75, 3.05) is 16.8 Å². The summed E-state index contributed by atoms with van der Waals surface area (Å²) >= 11 is 0. The Kier molecular flexibility index (Phi) is 8.07. The molecule has 168 valence electrons. The number of nitrogens with zero attached hydrogens (tertiary/aromatic N) is 1. The maximum atomic E-state index is 12.9. The Morgan fingerprint density at radius 3 is 1.97 bits per heavy atom. The van der Waals surface area contributed by atoms with Crippen molar-refractivity contribution in [3.05, 3.63) is 90.5 Å². The number of anilines is 3. The molecule has 7 nitrogen and oxygen atoms in total. The number of ketones is 1. The van der Waals surface area contributed by atoms with Gasteiger partial charge in [-0.15, -0.1) is 0 Å². The fraction of sp³-hybridized carbons (Fsp3) is 0.154. The number of rotatable bonds is 9. The van der Waals surface area contributed by atoms with Crippen molar-refractivity contribution in [1.82, 2.24) is 0 Å². The summed E-state index contributed by atoms with van der Waals surface area (Å²) in [7, 11) is 0. The van der Waals surface area contributed by atoms with E-state index in [1.807, 2.05) is 60.7 Å². The first-order valence-electron chi connectivity index (χ1n) is 10.4. The van der Waals surface area contributed by atoms with E-state index in [9.17, 15) is 19.2 Å². The first kappa shape index (κ1) is 23.4. The van der Waals surface area contributed by atoms with Gasteiger partial charge >= 0.3 is 5.97 Å². The van der Waals surface area contributed by atoms with Crippen LogP contribution in [0.1, 0.15) is 30.1 Å². The highest BCUT2D eigenvalue weighted by Crippen LogP contribution is 2.26. The van der Waals surface area contributed by atoms with Crippen LogP contribution in [0.2, 0.25) is 0 Å². The second kappa shape index (κ2) is 11.4. The van der Waals surface area contributed by atoms with Crippen molar-refractivity contribution in [2.24, 2.45) is 0 Å². The highest BCUT2D eigenvalue weighted by molar-refractivity contribution is 6.01. The van der Waals surface area contributed by atoms with Crippen molar-refractivity contribution >= 4 is 40.6 Å². The molecule has 3 rings (SSSR count). The largest absolute Gasteiger partial charge is 0.456 e. The molecule has 33 heavy (non-hydrogen) atoms. The summed E-state index contributed by atoms with van der Waals surface area (Å²) in [5.41, 5.74) is 2.27. The van der Waals surface area contributed by atoms with Gasteiger partial charge in [0.2, 0.25) is 5.91 Å². The van der Waals surface area contributed by atoms with Crippen molar-refractivity contribution in [2.45, 2.75) is 19.8 Å². The summed E-state index contributed by atoms with van der Waals surface area (Å²) in [6.45, 7) is 0.944. The molecule has 0 bridgehead atoms. The maximum absolute atomic E-state index is 12.9. The summed E-state index contributed by atoms with van der Waals surface area (Å²) in [6.07, 6.45) is -0.243. The van der Waals surface area contributed by atoms with E-state index in [1.165, 1.54) is 6.92 Å². The van der Waals surface area contributed by atoms with E-state index < -0.39 is 18.5 Å². The van der Waals surface area contributed by atoms with E-state index in [2.05, 4.69) is 5.32 Å². The fourth-order valence-electron chi connectivity index (χ4n) is 3.14. The smallest absolute Gasteiger partial charge is 0.306 e. The zero-order chi connectivity index (χ0) is 23.6. The number of amides is 2. The monoisotopic (exact) mass is 444 g/mol. The molecule has 0 heterocycles. The number of hydrogen-bond acceptors (Lipinski definition) is 5. The number of benzene rings is 3. The second-order valence-corrected chi connectivity index (χ2v) is 7.25. The minimum absolute atomic E-state index is 0.0785. The van der Waals surface area contributed by atoms with Gasteiger partial charge in [0.15, 0.2) is 12.4 Å². The van der Waals surface area contributed by atoms with Crippen LogP contribution in [-0.4, -0.2) is 30.2 Å². The highest BCUT2D eigenvalue weighted by Gasteiger charge is 2.19. The van der Waals surface area contributed by atoms with Crippen LogP contribution in [0.5, 0.6) is 0 Å². The molecular weight excluding hydrogens is 420 g/mol. The van der Waals surface area contributed by atoms with E-state index in [0.717, 1.165) is 0 Å². The summed E-state index contributed by atoms with van der Waals surface area (Å²) in [6, 6.07) is 24.8. The maximum Gasteiger partial charge on any atom is 0.306 e. The van der Waals surface area contributed by atoms with Gasteiger partial charge in [-0.05, 0) is 43.3 Å². The number of hydrogen-bond donors (Lipinski definition) is 1. The third kappa shape index (κ3) is 6.87. The molecule has 0 unspecified atom stereocenters. The molecule has 3 aromatic rings. The second-order valence-electron chi connectivity index (χ2n) is 7.25. The fourth-order valence-corrected chi connectivity index (χ4v) is 3.14. The topological polar surface area (TPSA) is 92.8 Å². The lowest BCUT2D eigenvalue weighted by atomic mass is 10.1. The van der Waals surface area contributed by atoms with Crippen molar-refractivity contribution in [1.29, 1.82) is 0 Å². The van der Waals surface area contributed by atoms with Crippen LogP contribution in [0.25, 0.3) is 0 Å². The molecule has 0 aliphatic rings. The predicted octanol–water partition coefficient (Wildman–Crippen LogP) is 4.52. The molecule has 0 spiro atoms. The minimum Gasteiger partial charge on any atom is -0.456 e. The molecule has 0 saturated carbocycles. The van der Waals surface area contributed by atoms with Gasteiger partial charge in [0.25, 0.3) is 5.91 Å². The molecule has 0 radical (unpaired) electrons. The highest BCUT2D eigenvalue weighted by atomic mass is 16.5. The molecule has 0 aliphatic heterocycles. The van der Waals surface area contributed by atoms with Gasteiger partial charge in [0.1, 0.15) is 0 Å². The predicted molar refractivity (Wildman–Crippen MR) is 125 cm³/mol. The van der Waals surface area contributed by atoms with Crippen LogP contribution in [0.15, 0.2) is 84.9 Å². The SMILES string of the molecule is CC(=O)c1cccc(NC(=O)COC(=O)CCC(=O)N(c2ccccc2)c2ccccc2)c1. The van der Waals surface area contributed by atoms with Gasteiger partial charge in [-0.3, -0.25) is 24.1 Å². The Bertz CT molecular complexity index is 1090. The van der Waals surface area contributed by atoms with E-state index in [4.69, 9.17) is 4.74 Å². The van der Waals surface area contributed by atoms with Gasteiger partial charge in [0.05, 0.1) is 6.42 Å². The minimum atomic E-state index is -0.655. The molecule has 2 amide bonds. The molecular formula is C26H24N2O5. The van der Waals surface area contributed by atoms with Crippen LogP contribution >= 0.6 is 0 Å². The lowest BCUT2D eigenvalue weighted by Gasteiger charge is -2.23. The quantitative estimate of drug-likeness (QED) is 0.387. The van der Waals surface area contributed by atoms with Crippen LogP contribution in [0, 0.1) is 0 Å². The van der Waals surface area contributed by atoms with E-state index >= 15 is 0 Å². The van der Waals surface area contributed by atoms with Crippen LogP contribution in [0.4, 0.5) is 17.1 Å². The standard InChI is InChI=1S/C26H24N2O5/c1-19(29)20-9-8-10-21(17-20)27-24(30)18-33-26(32)16-15-25(31)28(22-11-4-2-5-12-22)23-13-6-3-7-14-23/h2-14,17H,15-16,18H2,1H3,(H,27,30). The van der Waals surface area contributed by atoms with Crippen LogP contribution < -0.4 is 10.2 Å². The van der Waals surface area contributed by atoms with Crippen LogP contribution in [0.3, 0.4) is 0 Å². The molecule has 7 heteroatoms. The van der Waals surface area contributed by atoms with Crippen LogP contribution in [-0.2, 0) is 19.1 Å². The Morgan fingerprint density at radius 2 is 1.39 bits per heavy atom. The summed E-state index contributed by atoms with van der Waals surface area (Å²) < 4.78 is 5.01. The normalized spacial score (nSPS) is 10.2. The Morgan fingerprint density at radius 1 is 0.788 bits per heavy atom. The van der Waals surface area contributed by atoms with E-state index in [1.54, 1.807) is 29.2 Å².